The quantitative estimate of drug-likeness (QED) is 0.387. The van der Waals surface area contributed by atoms with Crippen molar-refractivity contribution in [2.45, 2.75) is 6.92 Å². The molecule has 140 valence electrons. The predicted octanol–water partition coefficient (Wildman–Crippen LogP) is 3.27. The highest BCUT2D eigenvalue weighted by molar-refractivity contribution is 7.80. The van der Waals surface area contributed by atoms with Gasteiger partial charge in [0.15, 0.2) is 4.80 Å². The van der Waals surface area contributed by atoms with Crippen LogP contribution in [0, 0.1) is 6.92 Å². The maximum Gasteiger partial charge on any atom is 0.349 e. The molecule has 0 aliphatic rings. The number of hydrogen-bond donors (Lipinski definition) is 1. The van der Waals surface area contributed by atoms with Gasteiger partial charge in [0.25, 0.3) is 5.91 Å². The normalized spacial score (nSPS) is 11.9. The van der Waals surface area contributed by atoms with Gasteiger partial charge in [-0.1, -0.05) is 35.6 Å². The second-order valence-electron chi connectivity index (χ2n) is 6.27. The number of aromatic nitrogens is 1. The summed E-state index contributed by atoms with van der Waals surface area (Å²) in [6, 6.07) is 14.6. The van der Waals surface area contributed by atoms with E-state index in [-0.39, 0.29) is 10.7 Å². The number of nitrogens with one attached hydrogen (secondary N) is 1. The van der Waals surface area contributed by atoms with E-state index in [1.54, 1.807) is 24.3 Å². The first-order valence-electron chi connectivity index (χ1n) is 8.41. The molecule has 4 rings (SSSR count). The molecule has 8 heteroatoms. The van der Waals surface area contributed by atoms with Crippen LogP contribution < -0.4 is 15.7 Å². The van der Waals surface area contributed by atoms with Gasteiger partial charge in [-0.3, -0.25) is 10.1 Å². The summed E-state index contributed by atoms with van der Waals surface area (Å²) in [5, 5.41) is 3.13. The van der Waals surface area contributed by atoms with E-state index in [0.29, 0.717) is 15.8 Å². The Hall–Kier alpha value is -3.10. The van der Waals surface area contributed by atoms with Crippen LogP contribution in [0.25, 0.3) is 21.2 Å². The molecule has 0 saturated heterocycles. The van der Waals surface area contributed by atoms with E-state index in [0.717, 1.165) is 15.8 Å². The third kappa shape index (κ3) is 3.39. The SMILES string of the molecule is Cc1ccc2c(c1)sc(=NC(=S)NC(=O)c1cc3ccccc3oc1=O)n2C. The van der Waals surface area contributed by atoms with Gasteiger partial charge in [-0.05, 0) is 49.0 Å². The number of carbonyl (C=O) groups excluding carboxylic acids is 1. The number of fused-ring (bicyclic) bond motifs is 2. The van der Waals surface area contributed by atoms with Gasteiger partial charge in [0.1, 0.15) is 11.1 Å². The Morgan fingerprint density at radius 2 is 2.00 bits per heavy atom. The number of thiocarbonyl (C=S) groups is 1. The summed E-state index contributed by atoms with van der Waals surface area (Å²) in [5.41, 5.74) is 1.76. The van der Waals surface area contributed by atoms with Crippen LogP contribution in [-0.2, 0) is 7.05 Å². The molecule has 0 fully saturated rings. The van der Waals surface area contributed by atoms with E-state index >= 15 is 0 Å². The number of hydrogen-bond acceptors (Lipinski definition) is 5. The summed E-state index contributed by atoms with van der Waals surface area (Å²) < 4.78 is 8.17. The number of aryl methyl sites for hydroxylation is 2. The van der Waals surface area contributed by atoms with Crippen LogP contribution in [0.2, 0.25) is 0 Å². The maximum atomic E-state index is 12.5. The fourth-order valence-corrected chi connectivity index (χ4v) is 4.21. The lowest BCUT2D eigenvalue weighted by molar-refractivity contribution is 0.0974. The van der Waals surface area contributed by atoms with E-state index < -0.39 is 11.5 Å². The van der Waals surface area contributed by atoms with Crippen LogP contribution in [0.3, 0.4) is 0 Å². The van der Waals surface area contributed by atoms with Gasteiger partial charge in [0.05, 0.1) is 10.2 Å². The number of benzene rings is 2. The van der Waals surface area contributed by atoms with Crippen molar-refractivity contribution in [3.8, 4) is 0 Å². The number of para-hydroxylation sites is 1. The zero-order valence-electron chi connectivity index (χ0n) is 15.1. The highest BCUT2D eigenvalue weighted by Crippen LogP contribution is 2.18. The van der Waals surface area contributed by atoms with E-state index in [1.165, 1.54) is 17.4 Å². The summed E-state index contributed by atoms with van der Waals surface area (Å²) >= 11 is 6.68. The van der Waals surface area contributed by atoms with Gasteiger partial charge >= 0.3 is 5.63 Å². The van der Waals surface area contributed by atoms with Gasteiger partial charge < -0.3 is 8.98 Å². The van der Waals surface area contributed by atoms with Crippen LogP contribution >= 0.6 is 23.6 Å². The second-order valence-corrected chi connectivity index (χ2v) is 7.67. The van der Waals surface area contributed by atoms with Gasteiger partial charge in [-0.2, -0.15) is 4.99 Å². The lowest BCUT2D eigenvalue weighted by atomic mass is 10.2. The molecule has 2 aromatic heterocycles. The minimum atomic E-state index is -0.720. The van der Waals surface area contributed by atoms with Crippen LogP contribution in [0.1, 0.15) is 15.9 Å². The van der Waals surface area contributed by atoms with E-state index in [1.807, 2.05) is 30.7 Å². The summed E-state index contributed by atoms with van der Waals surface area (Å²) in [5.74, 6) is -0.645. The van der Waals surface area contributed by atoms with Gasteiger partial charge in [0.2, 0.25) is 5.11 Å². The Labute approximate surface area is 168 Å². The average molecular weight is 409 g/mol. The number of amides is 1. The molecule has 2 heterocycles. The zero-order valence-corrected chi connectivity index (χ0v) is 16.7. The molecule has 0 unspecified atom stereocenters. The zero-order chi connectivity index (χ0) is 19.8. The molecule has 0 radical (unpaired) electrons. The summed E-state index contributed by atoms with van der Waals surface area (Å²) in [7, 11) is 1.88. The standard InChI is InChI=1S/C20H15N3O3S2/c1-11-7-8-14-16(9-11)28-20(23(14)2)22-19(27)21-17(24)13-10-12-5-3-4-6-15(12)26-18(13)25/h3-10H,1-2H3,(H,21,24,27). The van der Waals surface area contributed by atoms with Gasteiger partial charge in [0, 0.05) is 12.4 Å². The molecule has 1 amide bonds. The molecule has 4 aromatic rings. The molecular weight excluding hydrogens is 394 g/mol. The Morgan fingerprint density at radius 3 is 2.82 bits per heavy atom. The first-order valence-corrected chi connectivity index (χ1v) is 9.64. The van der Waals surface area contributed by atoms with Crippen molar-refractivity contribution < 1.29 is 9.21 Å². The Bertz CT molecular complexity index is 1380. The first kappa shape index (κ1) is 18.3. The van der Waals surface area contributed by atoms with Gasteiger partial charge in [-0.15, -0.1) is 0 Å². The fourth-order valence-electron chi connectivity index (χ4n) is 2.85. The van der Waals surface area contributed by atoms with Crippen molar-refractivity contribution >= 4 is 55.8 Å². The average Bonchev–Trinajstić information content (AvgIpc) is 2.95. The van der Waals surface area contributed by atoms with Crippen molar-refractivity contribution in [3.63, 3.8) is 0 Å². The Balaban J connectivity index is 1.65. The molecule has 0 saturated carbocycles. The maximum absolute atomic E-state index is 12.5. The lowest BCUT2D eigenvalue weighted by Crippen LogP contribution is -2.32. The van der Waals surface area contributed by atoms with Crippen molar-refractivity contribution in [1.82, 2.24) is 9.88 Å². The smallest absolute Gasteiger partial charge is 0.349 e. The second kappa shape index (κ2) is 7.14. The molecule has 0 bridgehead atoms. The third-order valence-electron chi connectivity index (χ3n) is 4.27. The molecule has 0 aliphatic carbocycles. The molecule has 0 atom stereocenters. The number of carbonyl (C=O) groups is 1. The van der Waals surface area contributed by atoms with Crippen LogP contribution in [0.15, 0.2) is 62.7 Å². The highest BCUT2D eigenvalue weighted by atomic mass is 32.1. The van der Waals surface area contributed by atoms with Crippen molar-refractivity contribution in [3.05, 3.63) is 74.9 Å². The predicted molar refractivity (Wildman–Crippen MR) is 114 cm³/mol. The minimum absolute atomic E-state index is 0.0172. The van der Waals surface area contributed by atoms with Gasteiger partial charge in [-0.25, -0.2) is 4.79 Å². The number of nitrogens with zero attached hydrogens (tertiary/aromatic N) is 2. The highest BCUT2D eigenvalue weighted by Gasteiger charge is 2.15. The molecule has 28 heavy (non-hydrogen) atoms. The van der Waals surface area contributed by atoms with Crippen molar-refractivity contribution in [2.75, 3.05) is 0 Å². The molecule has 0 aliphatic heterocycles. The fraction of sp³-hybridized carbons (Fsp3) is 0.100. The monoisotopic (exact) mass is 409 g/mol. The lowest BCUT2D eigenvalue weighted by Gasteiger charge is -2.03. The molecule has 0 spiro atoms. The van der Waals surface area contributed by atoms with Crippen LogP contribution in [-0.4, -0.2) is 15.6 Å². The van der Waals surface area contributed by atoms with Crippen LogP contribution in [0.5, 0.6) is 0 Å². The summed E-state index contributed by atoms with van der Waals surface area (Å²) in [4.78, 5) is 29.6. The largest absolute Gasteiger partial charge is 0.422 e. The van der Waals surface area contributed by atoms with Crippen molar-refractivity contribution in [2.24, 2.45) is 12.0 Å². The van der Waals surface area contributed by atoms with E-state index in [2.05, 4.69) is 16.4 Å². The number of thiazole rings is 1. The number of rotatable bonds is 1. The topological polar surface area (TPSA) is 76.6 Å². The molecular formula is C20H15N3O3S2. The first-order chi connectivity index (χ1) is 13.4. The van der Waals surface area contributed by atoms with Crippen molar-refractivity contribution in [1.29, 1.82) is 0 Å². The third-order valence-corrected chi connectivity index (χ3v) is 5.56. The summed E-state index contributed by atoms with van der Waals surface area (Å²) in [6.07, 6.45) is 0. The Morgan fingerprint density at radius 1 is 1.21 bits per heavy atom. The van der Waals surface area contributed by atoms with E-state index in [9.17, 15) is 9.59 Å². The van der Waals surface area contributed by atoms with Crippen LogP contribution in [0.4, 0.5) is 0 Å². The molecule has 6 nitrogen and oxygen atoms in total. The minimum Gasteiger partial charge on any atom is -0.422 e. The van der Waals surface area contributed by atoms with E-state index in [4.69, 9.17) is 16.6 Å². The Kier molecular flexibility index (Phi) is 4.66. The molecule has 1 N–H and O–H groups in total. The molecule has 2 aromatic carbocycles. The summed E-state index contributed by atoms with van der Waals surface area (Å²) in [6.45, 7) is 2.02.